The Kier molecular flexibility index (Phi) is 5.23. The highest BCUT2D eigenvalue weighted by Gasteiger charge is 2.59. The molecule has 3 aromatic carbocycles. The summed E-state index contributed by atoms with van der Waals surface area (Å²) in [5.74, 6) is -0.889. The minimum absolute atomic E-state index is 0.0836. The van der Waals surface area contributed by atoms with Crippen LogP contribution in [-0.4, -0.2) is 18.4 Å². The first-order valence-corrected chi connectivity index (χ1v) is 11.4. The van der Waals surface area contributed by atoms with Crippen molar-refractivity contribution in [3.8, 4) is 0 Å². The zero-order valence-corrected chi connectivity index (χ0v) is 19.0. The molecule has 1 saturated heterocycles. The van der Waals surface area contributed by atoms with Crippen molar-refractivity contribution < 1.29 is 9.59 Å². The summed E-state index contributed by atoms with van der Waals surface area (Å²) in [6, 6.07) is 21.2. The maximum absolute atomic E-state index is 14.0. The van der Waals surface area contributed by atoms with Crippen molar-refractivity contribution in [3.63, 3.8) is 0 Å². The first-order chi connectivity index (χ1) is 15.4. The second-order valence-electron chi connectivity index (χ2n) is 8.60. The molecule has 2 aliphatic rings. The monoisotopic (exact) mass is 464 g/mol. The molecule has 2 amide bonds. The van der Waals surface area contributed by atoms with Crippen molar-refractivity contribution in [2.75, 3.05) is 11.9 Å². The Morgan fingerprint density at radius 2 is 1.59 bits per heavy atom. The fraction of sp³-hybridized carbons (Fsp3) is 0.231. The van der Waals surface area contributed by atoms with Crippen molar-refractivity contribution in [2.24, 2.45) is 0 Å². The number of fused-ring (bicyclic) bond motifs is 2. The maximum Gasteiger partial charge on any atom is 0.236 e. The van der Waals surface area contributed by atoms with Crippen LogP contribution in [0.5, 0.6) is 0 Å². The summed E-state index contributed by atoms with van der Waals surface area (Å²) in [4.78, 5) is 26.9. The first-order valence-electron chi connectivity index (χ1n) is 10.6. The van der Waals surface area contributed by atoms with E-state index in [2.05, 4.69) is 16.7 Å². The predicted octanol–water partition coefficient (Wildman–Crippen LogP) is 5.58. The Bertz CT molecular complexity index is 1240. The highest BCUT2D eigenvalue weighted by atomic mass is 35.5. The summed E-state index contributed by atoms with van der Waals surface area (Å²) in [5, 5.41) is 7.26. The number of amides is 2. The van der Waals surface area contributed by atoms with Crippen LogP contribution in [0.3, 0.4) is 0 Å². The van der Waals surface area contributed by atoms with E-state index in [9.17, 15) is 9.59 Å². The maximum atomic E-state index is 14.0. The molecule has 0 saturated carbocycles. The number of anilines is 1. The van der Waals surface area contributed by atoms with Crippen molar-refractivity contribution in [2.45, 2.75) is 30.6 Å². The fourth-order valence-electron chi connectivity index (χ4n) is 5.43. The molecule has 6 heteroatoms. The number of hydrogen-bond donors (Lipinski definition) is 2. The van der Waals surface area contributed by atoms with Crippen LogP contribution in [0.2, 0.25) is 10.0 Å². The van der Waals surface area contributed by atoms with Gasteiger partial charge < -0.3 is 10.6 Å². The van der Waals surface area contributed by atoms with Crippen LogP contribution in [0.25, 0.3) is 0 Å². The van der Waals surface area contributed by atoms with Crippen molar-refractivity contribution in [3.05, 3.63) is 99.0 Å². The molecule has 4 nitrogen and oxygen atoms in total. The van der Waals surface area contributed by atoms with Crippen LogP contribution in [0.4, 0.5) is 5.69 Å². The van der Waals surface area contributed by atoms with Crippen LogP contribution >= 0.6 is 23.2 Å². The normalized spacial score (nSPS) is 24.6. The summed E-state index contributed by atoms with van der Waals surface area (Å²) in [5.41, 5.74) is 3.53. The van der Waals surface area contributed by atoms with E-state index >= 15 is 0 Å². The summed E-state index contributed by atoms with van der Waals surface area (Å²) >= 11 is 12.6. The Hall–Kier alpha value is -2.82. The molecule has 2 aliphatic heterocycles. The number of rotatable bonds is 2. The molecule has 2 N–H and O–H groups in total. The van der Waals surface area contributed by atoms with E-state index in [1.54, 1.807) is 12.1 Å². The molecule has 1 spiro atoms. The van der Waals surface area contributed by atoms with E-state index < -0.39 is 11.3 Å². The SMILES string of the molecule is Cc1cccc([C@@H]2CNC(=O)C[C@H](c3cccc(Cl)c3)[C@@]23C(=O)Nc2cc(Cl)ccc23)c1. The lowest BCUT2D eigenvalue weighted by Gasteiger charge is -2.41. The number of nitrogens with one attached hydrogen (secondary N) is 2. The van der Waals surface area contributed by atoms with Crippen molar-refractivity contribution in [1.29, 1.82) is 0 Å². The molecule has 32 heavy (non-hydrogen) atoms. The van der Waals surface area contributed by atoms with E-state index in [4.69, 9.17) is 23.2 Å². The van der Waals surface area contributed by atoms with Gasteiger partial charge in [-0.2, -0.15) is 0 Å². The zero-order valence-electron chi connectivity index (χ0n) is 17.5. The van der Waals surface area contributed by atoms with Gasteiger partial charge in [-0.3, -0.25) is 9.59 Å². The van der Waals surface area contributed by atoms with Gasteiger partial charge in [-0.05, 0) is 47.9 Å². The highest BCUT2D eigenvalue weighted by Crippen LogP contribution is 2.57. The molecule has 0 radical (unpaired) electrons. The number of carbonyl (C=O) groups excluding carboxylic acids is 2. The van der Waals surface area contributed by atoms with E-state index in [1.165, 1.54) is 0 Å². The second kappa shape index (κ2) is 7.95. The summed E-state index contributed by atoms with van der Waals surface area (Å²) < 4.78 is 0. The molecule has 1 fully saturated rings. The van der Waals surface area contributed by atoms with Gasteiger partial charge in [0.2, 0.25) is 11.8 Å². The van der Waals surface area contributed by atoms with Gasteiger partial charge in [0.1, 0.15) is 0 Å². The van der Waals surface area contributed by atoms with Crippen LogP contribution < -0.4 is 10.6 Å². The zero-order chi connectivity index (χ0) is 22.5. The molecule has 5 rings (SSSR count). The molecule has 0 bridgehead atoms. The fourth-order valence-corrected chi connectivity index (χ4v) is 5.80. The molecular weight excluding hydrogens is 443 g/mol. The molecule has 162 valence electrons. The molecule has 2 heterocycles. The molecule has 0 unspecified atom stereocenters. The largest absolute Gasteiger partial charge is 0.355 e. The van der Waals surface area contributed by atoms with E-state index in [0.29, 0.717) is 22.3 Å². The highest BCUT2D eigenvalue weighted by molar-refractivity contribution is 6.31. The Morgan fingerprint density at radius 3 is 2.34 bits per heavy atom. The number of halogens is 2. The quantitative estimate of drug-likeness (QED) is 0.519. The van der Waals surface area contributed by atoms with Crippen molar-refractivity contribution >= 4 is 40.7 Å². The summed E-state index contributed by atoms with van der Waals surface area (Å²) in [6.07, 6.45) is 0.179. The summed E-state index contributed by atoms with van der Waals surface area (Å²) in [6.45, 7) is 2.39. The van der Waals surface area contributed by atoms with Crippen LogP contribution in [0.1, 0.15) is 40.5 Å². The predicted molar refractivity (Wildman–Crippen MR) is 127 cm³/mol. The Labute approximate surface area is 196 Å². The third kappa shape index (κ3) is 3.30. The smallest absolute Gasteiger partial charge is 0.236 e. The molecule has 3 atom stereocenters. The average molecular weight is 465 g/mol. The van der Waals surface area contributed by atoms with Gasteiger partial charge >= 0.3 is 0 Å². The third-order valence-electron chi connectivity index (χ3n) is 6.74. The Balaban J connectivity index is 1.83. The van der Waals surface area contributed by atoms with Gasteiger partial charge in [0.05, 0.1) is 5.41 Å². The lowest BCUT2D eigenvalue weighted by atomic mass is 9.59. The number of hydrogen-bond acceptors (Lipinski definition) is 2. The molecule has 0 aliphatic carbocycles. The van der Waals surface area contributed by atoms with E-state index in [0.717, 1.165) is 22.3 Å². The molecule has 3 aromatic rings. The van der Waals surface area contributed by atoms with E-state index in [1.807, 2.05) is 55.5 Å². The third-order valence-corrected chi connectivity index (χ3v) is 7.21. The number of carbonyl (C=O) groups is 2. The van der Waals surface area contributed by atoms with Crippen LogP contribution in [0, 0.1) is 6.92 Å². The molecule has 0 aromatic heterocycles. The summed E-state index contributed by atoms with van der Waals surface area (Å²) in [7, 11) is 0. The first kappa shape index (κ1) is 21.0. The minimum atomic E-state index is -1.00. The lowest BCUT2D eigenvalue weighted by molar-refractivity contribution is -0.123. The van der Waals surface area contributed by atoms with Crippen LogP contribution in [-0.2, 0) is 15.0 Å². The van der Waals surface area contributed by atoms with E-state index in [-0.39, 0.29) is 24.2 Å². The lowest BCUT2D eigenvalue weighted by Crippen LogP contribution is -2.46. The second-order valence-corrected chi connectivity index (χ2v) is 9.47. The van der Waals surface area contributed by atoms with Gasteiger partial charge in [0, 0.05) is 40.5 Å². The van der Waals surface area contributed by atoms with Crippen LogP contribution in [0.15, 0.2) is 66.7 Å². The topological polar surface area (TPSA) is 58.2 Å². The standard InChI is InChI=1S/C26H22Cl2N2O2/c1-15-4-2-5-16(10-15)22-14-29-24(31)13-21(17-6-3-7-18(27)11-17)26(22)20-9-8-19(28)12-23(20)30-25(26)32/h2-12,21-22H,13-14H2,1H3,(H,29,31)(H,30,32)/t21-,22+,26-/m1/s1. The van der Waals surface area contributed by atoms with Gasteiger partial charge in [0.25, 0.3) is 0 Å². The Morgan fingerprint density at radius 1 is 0.875 bits per heavy atom. The molecular formula is C26H22Cl2N2O2. The van der Waals surface area contributed by atoms with Gasteiger partial charge in [-0.15, -0.1) is 0 Å². The average Bonchev–Trinajstić information content (AvgIpc) is 2.93. The number of aryl methyl sites for hydroxylation is 1. The minimum Gasteiger partial charge on any atom is -0.355 e. The van der Waals surface area contributed by atoms with Gasteiger partial charge in [0.15, 0.2) is 0 Å². The van der Waals surface area contributed by atoms with Gasteiger partial charge in [-0.25, -0.2) is 0 Å². The van der Waals surface area contributed by atoms with Gasteiger partial charge in [-0.1, -0.05) is 71.2 Å². The number of benzene rings is 3. The van der Waals surface area contributed by atoms with Crippen molar-refractivity contribution in [1.82, 2.24) is 5.32 Å².